The SMILES string of the molecule is CSc1ccc(Cl)c(C(=O)O[C@@H](C)C(=O)Nc2ccc(Cl)cn2)c1. The summed E-state index contributed by atoms with van der Waals surface area (Å²) in [5, 5.41) is 3.26. The van der Waals surface area contributed by atoms with Gasteiger partial charge in [-0.25, -0.2) is 9.78 Å². The van der Waals surface area contributed by atoms with Gasteiger partial charge in [0.1, 0.15) is 5.82 Å². The molecule has 0 spiro atoms. The van der Waals surface area contributed by atoms with E-state index in [4.69, 9.17) is 27.9 Å². The summed E-state index contributed by atoms with van der Waals surface area (Å²) in [5.41, 5.74) is 0.216. The molecule has 1 amide bonds. The minimum absolute atomic E-state index is 0.216. The topological polar surface area (TPSA) is 68.3 Å². The molecule has 0 aliphatic heterocycles. The van der Waals surface area contributed by atoms with Gasteiger partial charge in [-0.2, -0.15) is 0 Å². The summed E-state index contributed by atoms with van der Waals surface area (Å²) in [6, 6.07) is 8.18. The molecule has 1 heterocycles. The molecule has 1 aromatic heterocycles. The summed E-state index contributed by atoms with van der Waals surface area (Å²) in [5.74, 6) is -0.854. The standard InChI is InChI=1S/C16H14Cl2N2O3S/c1-9(15(21)20-14-6-3-10(17)8-19-14)23-16(22)12-7-11(24-2)4-5-13(12)18/h3-9H,1-2H3,(H,19,20,21)/t9-/m0/s1. The Balaban J connectivity index is 2.02. The number of nitrogens with one attached hydrogen (secondary N) is 1. The predicted molar refractivity (Wildman–Crippen MR) is 96.0 cm³/mol. The van der Waals surface area contributed by atoms with Gasteiger partial charge in [0, 0.05) is 11.1 Å². The van der Waals surface area contributed by atoms with E-state index in [0.29, 0.717) is 10.8 Å². The molecule has 0 saturated carbocycles. The van der Waals surface area contributed by atoms with E-state index in [2.05, 4.69) is 10.3 Å². The zero-order chi connectivity index (χ0) is 17.7. The molecule has 1 atom stereocenters. The van der Waals surface area contributed by atoms with Crippen LogP contribution < -0.4 is 5.32 Å². The largest absolute Gasteiger partial charge is 0.449 e. The van der Waals surface area contributed by atoms with Crippen molar-refractivity contribution in [2.45, 2.75) is 17.9 Å². The number of halogens is 2. The molecule has 1 N–H and O–H groups in total. The Kier molecular flexibility index (Phi) is 6.48. The van der Waals surface area contributed by atoms with E-state index in [1.165, 1.54) is 24.9 Å². The van der Waals surface area contributed by atoms with Crippen LogP contribution in [0.2, 0.25) is 10.0 Å². The third kappa shape index (κ3) is 4.87. The number of pyridine rings is 1. The first-order valence-corrected chi connectivity index (χ1v) is 8.85. The second kappa shape index (κ2) is 8.37. The number of aromatic nitrogens is 1. The molecule has 0 unspecified atom stereocenters. The molecule has 1 aromatic carbocycles. The van der Waals surface area contributed by atoms with Gasteiger partial charge < -0.3 is 10.1 Å². The fraction of sp³-hybridized carbons (Fsp3) is 0.188. The fourth-order valence-corrected chi connectivity index (χ4v) is 2.49. The molecule has 2 aromatic rings. The number of benzene rings is 1. The summed E-state index contributed by atoms with van der Waals surface area (Å²) in [7, 11) is 0. The van der Waals surface area contributed by atoms with E-state index in [9.17, 15) is 9.59 Å². The van der Waals surface area contributed by atoms with Crippen LogP contribution in [0.5, 0.6) is 0 Å². The first kappa shape index (κ1) is 18.6. The van der Waals surface area contributed by atoms with Crippen LogP contribution in [0.1, 0.15) is 17.3 Å². The minimum Gasteiger partial charge on any atom is -0.449 e. The second-order valence-electron chi connectivity index (χ2n) is 4.74. The van der Waals surface area contributed by atoms with Gasteiger partial charge >= 0.3 is 5.97 Å². The van der Waals surface area contributed by atoms with E-state index in [-0.39, 0.29) is 10.6 Å². The van der Waals surface area contributed by atoms with Gasteiger partial charge in [0.15, 0.2) is 6.10 Å². The number of amides is 1. The molecular formula is C16H14Cl2N2O3S. The highest BCUT2D eigenvalue weighted by Crippen LogP contribution is 2.24. The van der Waals surface area contributed by atoms with Crippen LogP contribution in [0, 0.1) is 0 Å². The lowest BCUT2D eigenvalue weighted by atomic mass is 10.2. The minimum atomic E-state index is -1.01. The molecule has 0 saturated heterocycles. The molecule has 0 fully saturated rings. The van der Waals surface area contributed by atoms with Gasteiger partial charge in [-0.15, -0.1) is 11.8 Å². The van der Waals surface area contributed by atoms with Crippen LogP contribution in [0.15, 0.2) is 41.4 Å². The predicted octanol–water partition coefficient (Wildman–Crippen LogP) is 4.29. The Hall–Kier alpha value is -1.76. The monoisotopic (exact) mass is 384 g/mol. The highest BCUT2D eigenvalue weighted by atomic mass is 35.5. The number of hydrogen-bond acceptors (Lipinski definition) is 5. The number of carbonyl (C=O) groups excluding carboxylic acids is 2. The van der Waals surface area contributed by atoms with Crippen molar-refractivity contribution in [1.29, 1.82) is 0 Å². The molecule has 24 heavy (non-hydrogen) atoms. The third-order valence-electron chi connectivity index (χ3n) is 3.03. The Morgan fingerprint density at radius 3 is 2.62 bits per heavy atom. The molecule has 2 rings (SSSR count). The van der Waals surface area contributed by atoms with Crippen molar-refractivity contribution in [1.82, 2.24) is 4.98 Å². The summed E-state index contributed by atoms with van der Waals surface area (Å²) >= 11 is 13.2. The lowest BCUT2D eigenvalue weighted by molar-refractivity contribution is -0.123. The molecule has 0 aliphatic carbocycles. The molecule has 126 valence electrons. The third-order valence-corrected chi connectivity index (χ3v) is 4.30. The average molecular weight is 385 g/mol. The van der Waals surface area contributed by atoms with Crippen molar-refractivity contribution in [3.63, 3.8) is 0 Å². The molecule has 0 bridgehead atoms. The van der Waals surface area contributed by atoms with Crippen molar-refractivity contribution in [3.05, 3.63) is 52.1 Å². The quantitative estimate of drug-likeness (QED) is 0.614. The van der Waals surface area contributed by atoms with Gasteiger partial charge in [-0.1, -0.05) is 23.2 Å². The van der Waals surface area contributed by atoms with E-state index in [1.807, 2.05) is 6.26 Å². The normalized spacial score (nSPS) is 11.7. The van der Waals surface area contributed by atoms with E-state index >= 15 is 0 Å². The summed E-state index contributed by atoms with van der Waals surface area (Å²) in [6.07, 6.45) is 2.28. The fourth-order valence-electron chi connectivity index (χ4n) is 1.74. The Morgan fingerprint density at radius 1 is 1.25 bits per heavy atom. The molecule has 0 aliphatic rings. The zero-order valence-electron chi connectivity index (χ0n) is 12.9. The molecule has 8 heteroatoms. The van der Waals surface area contributed by atoms with Gasteiger partial charge in [0.25, 0.3) is 5.91 Å². The van der Waals surface area contributed by atoms with E-state index < -0.39 is 18.0 Å². The molecule has 5 nitrogen and oxygen atoms in total. The maximum absolute atomic E-state index is 12.2. The van der Waals surface area contributed by atoms with Gasteiger partial charge in [-0.05, 0) is 43.5 Å². The lowest BCUT2D eigenvalue weighted by Gasteiger charge is -2.14. The summed E-state index contributed by atoms with van der Waals surface area (Å²) < 4.78 is 5.18. The average Bonchev–Trinajstić information content (AvgIpc) is 2.57. The zero-order valence-corrected chi connectivity index (χ0v) is 15.2. The van der Waals surface area contributed by atoms with Crippen LogP contribution in [0.4, 0.5) is 5.82 Å². The van der Waals surface area contributed by atoms with Gasteiger partial charge in [0.2, 0.25) is 0 Å². The molecule has 0 radical (unpaired) electrons. The van der Waals surface area contributed by atoms with Crippen molar-refractivity contribution in [3.8, 4) is 0 Å². The van der Waals surface area contributed by atoms with Gasteiger partial charge in [-0.3, -0.25) is 4.79 Å². The van der Waals surface area contributed by atoms with Crippen LogP contribution in [0.25, 0.3) is 0 Å². The Labute approximate surface area is 153 Å². The molecular weight excluding hydrogens is 371 g/mol. The maximum atomic E-state index is 12.2. The van der Waals surface area contributed by atoms with E-state index in [1.54, 1.807) is 30.3 Å². The number of nitrogens with zero attached hydrogens (tertiary/aromatic N) is 1. The van der Waals surface area contributed by atoms with Crippen LogP contribution in [-0.2, 0) is 9.53 Å². The van der Waals surface area contributed by atoms with Gasteiger partial charge in [0.05, 0.1) is 15.6 Å². The maximum Gasteiger partial charge on any atom is 0.340 e. The Morgan fingerprint density at radius 2 is 2.00 bits per heavy atom. The summed E-state index contributed by atoms with van der Waals surface area (Å²) in [6.45, 7) is 1.47. The first-order valence-electron chi connectivity index (χ1n) is 6.87. The number of rotatable bonds is 5. The number of esters is 1. The van der Waals surface area contributed by atoms with Crippen molar-refractivity contribution in [2.75, 3.05) is 11.6 Å². The van der Waals surface area contributed by atoms with Crippen LogP contribution in [-0.4, -0.2) is 29.2 Å². The van der Waals surface area contributed by atoms with E-state index in [0.717, 1.165) is 4.90 Å². The number of anilines is 1. The van der Waals surface area contributed by atoms with Crippen LogP contribution in [0.3, 0.4) is 0 Å². The number of thioether (sulfide) groups is 1. The first-order chi connectivity index (χ1) is 11.4. The van der Waals surface area contributed by atoms with Crippen LogP contribution >= 0.6 is 35.0 Å². The summed E-state index contributed by atoms with van der Waals surface area (Å²) in [4.78, 5) is 29.1. The van der Waals surface area contributed by atoms with Crippen molar-refractivity contribution in [2.24, 2.45) is 0 Å². The smallest absolute Gasteiger partial charge is 0.340 e. The lowest BCUT2D eigenvalue weighted by Crippen LogP contribution is -2.30. The number of ether oxygens (including phenoxy) is 1. The van der Waals surface area contributed by atoms with Crippen molar-refractivity contribution >= 4 is 52.7 Å². The number of hydrogen-bond donors (Lipinski definition) is 1. The Bertz CT molecular complexity index is 753. The number of carbonyl (C=O) groups is 2. The van der Waals surface area contributed by atoms with Crippen molar-refractivity contribution < 1.29 is 14.3 Å². The highest BCUT2D eigenvalue weighted by Gasteiger charge is 2.21. The highest BCUT2D eigenvalue weighted by molar-refractivity contribution is 7.98. The second-order valence-corrected chi connectivity index (χ2v) is 6.47.